The number of carboxylic acid groups (broad SMARTS) is 1. The average Bonchev–Trinajstić information content (AvgIpc) is 3.11. The Kier molecular flexibility index (Phi) is 4.49. The number of carbonyl (C=O) groups is 1. The van der Waals surface area contributed by atoms with Gasteiger partial charge < -0.3 is 10.4 Å². The summed E-state index contributed by atoms with van der Waals surface area (Å²) in [6.07, 6.45) is 5.10. The Balaban J connectivity index is 1.74. The monoisotopic (exact) mass is 373 g/mol. The first kappa shape index (κ1) is 17.7. The van der Waals surface area contributed by atoms with Crippen molar-refractivity contribution in [3.05, 3.63) is 66.6 Å². The Bertz CT molecular complexity index is 1150. The molecular weight excluding hydrogens is 354 g/mol. The number of fused-ring (bicyclic) bond motifs is 1. The van der Waals surface area contributed by atoms with Crippen LogP contribution in [0.4, 0.5) is 5.69 Å². The van der Waals surface area contributed by atoms with Crippen LogP contribution in [-0.2, 0) is 0 Å². The maximum absolute atomic E-state index is 11.0. The second kappa shape index (κ2) is 7.11. The maximum atomic E-state index is 11.0. The van der Waals surface area contributed by atoms with Crippen molar-refractivity contribution in [3.8, 4) is 17.1 Å². The van der Waals surface area contributed by atoms with Gasteiger partial charge in [0.05, 0.1) is 35.4 Å². The summed E-state index contributed by atoms with van der Waals surface area (Å²) < 4.78 is 1.75. The molecule has 0 fully saturated rings. The van der Waals surface area contributed by atoms with Gasteiger partial charge in [-0.05, 0) is 44.2 Å². The highest BCUT2D eigenvalue weighted by atomic mass is 16.4. The van der Waals surface area contributed by atoms with Crippen LogP contribution in [0.3, 0.4) is 0 Å². The summed E-state index contributed by atoms with van der Waals surface area (Å²) in [6.45, 7) is 4.18. The van der Waals surface area contributed by atoms with Crippen molar-refractivity contribution in [1.29, 1.82) is 0 Å². The number of benzene rings is 2. The van der Waals surface area contributed by atoms with Gasteiger partial charge in [0.2, 0.25) is 0 Å². The van der Waals surface area contributed by atoms with Crippen molar-refractivity contribution in [1.82, 2.24) is 19.7 Å². The lowest BCUT2D eigenvalue weighted by atomic mass is 10.1. The van der Waals surface area contributed by atoms with Gasteiger partial charge in [0.25, 0.3) is 0 Å². The van der Waals surface area contributed by atoms with Crippen LogP contribution in [0.15, 0.2) is 61.1 Å². The molecule has 0 bridgehead atoms. The summed E-state index contributed by atoms with van der Waals surface area (Å²) in [6, 6.07) is 13.0. The SMILES string of the molecule is CC(C)Nc1ccc2cnn(-c3cncc(-c4ccc(C(=O)O)cc4)n3)c2c1. The zero-order chi connectivity index (χ0) is 19.7. The Hall–Kier alpha value is -3.74. The van der Waals surface area contributed by atoms with E-state index in [1.807, 2.05) is 18.2 Å². The minimum atomic E-state index is -0.958. The molecule has 0 aliphatic heterocycles. The number of aromatic nitrogens is 4. The normalized spacial score (nSPS) is 11.1. The van der Waals surface area contributed by atoms with E-state index < -0.39 is 5.97 Å². The number of anilines is 1. The van der Waals surface area contributed by atoms with Crippen molar-refractivity contribution in [2.24, 2.45) is 0 Å². The summed E-state index contributed by atoms with van der Waals surface area (Å²) in [5.74, 6) is -0.364. The van der Waals surface area contributed by atoms with E-state index in [2.05, 4.69) is 34.2 Å². The standard InChI is InChI=1S/C21H19N5O2/c1-13(2)24-17-8-7-16-10-23-26(19(16)9-17)20-12-22-11-18(25-20)14-3-5-15(6-4-14)21(27)28/h3-13,24H,1-2H3,(H,27,28). The van der Waals surface area contributed by atoms with Gasteiger partial charge in [0.1, 0.15) is 0 Å². The van der Waals surface area contributed by atoms with Crippen LogP contribution < -0.4 is 5.32 Å². The number of nitrogens with zero attached hydrogens (tertiary/aromatic N) is 4. The maximum Gasteiger partial charge on any atom is 0.335 e. The van der Waals surface area contributed by atoms with Gasteiger partial charge in [-0.3, -0.25) is 4.98 Å². The molecule has 0 amide bonds. The minimum absolute atomic E-state index is 0.233. The van der Waals surface area contributed by atoms with Crippen LogP contribution in [0.2, 0.25) is 0 Å². The Morgan fingerprint density at radius 2 is 1.86 bits per heavy atom. The second-order valence-electron chi connectivity index (χ2n) is 6.77. The number of hydrogen-bond acceptors (Lipinski definition) is 5. The third-order valence-corrected chi connectivity index (χ3v) is 4.29. The highest BCUT2D eigenvalue weighted by molar-refractivity contribution is 5.88. The van der Waals surface area contributed by atoms with Gasteiger partial charge in [-0.25, -0.2) is 14.5 Å². The van der Waals surface area contributed by atoms with Crippen LogP contribution in [0, 0.1) is 0 Å². The van der Waals surface area contributed by atoms with E-state index in [1.54, 1.807) is 47.5 Å². The fourth-order valence-corrected chi connectivity index (χ4v) is 3.00. The van der Waals surface area contributed by atoms with E-state index in [1.165, 1.54) is 0 Å². The molecule has 0 saturated carbocycles. The molecule has 140 valence electrons. The fraction of sp³-hybridized carbons (Fsp3) is 0.143. The topological polar surface area (TPSA) is 92.9 Å². The Labute approximate surface area is 161 Å². The van der Waals surface area contributed by atoms with Crippen molar-refractivity contribution >= 4 is 22.6 Å². The van der Waals surface area contributed by atoms with Crippen LogP contribution in [0.25, 0.3) is 28.0 Å². The summed E-state index contributed by atoms with van der Waals surface area (Å²) in [4.78, 5) is 20.0. The first-order valence-electron chi connectivity index (χ1n) is 8.92. The van der Waals surface area contributed by atoms with E-state index in [4.69, 9.17) is 5.11 Å². The highest BCUT2D eigenvalue weighted by Gasteiger charge is 2.10. The van der Waals surface area contributed by atoms with Crippen LogP contribution >= 0.6 is 0 Å². The number of rotatable bonds is 5. The lowest BCUT2D eigenvalue weighted by Gasteiger charge is -2.10. The van der Waals surface area contributed by atoms with E-state index in [0.29, 0.717) is 17.6 Å². The van der Waals surface area contributed by atoms with Crippen molar-refractivity contribution in [2.45, 2.75) is 19.9 Å². The van der Waals surface area contributed by atoms with E-state index >= 15 is 0 Å². The lowest BCUT2D eigenvalue weighted by Crippen LogP contribution is -2.09. The number of aromatic carboxylic acids is 1. The molecule has 28 heavy (non-hydrogen) atoms. The molecule has 0 radical (unpaired) electrons. The van der Waals surface area contributed by atoms with Crippen LogP contribution in [0.1, 0.15) is 24.2 Å². The van der Waals surface area contributed by atoms with Gasteiger partial charge in [-0.1, -0.05) is 12.1 Å². The van der Waals surface area contributed by atoms with Crippen LogP contribution in [0.5, 0.6) is 0 Å². The molecule has 0 atom stereocenters. The molecule has 0 spiro atoms. The Morgan fingerprint density at radius 1 is 1.07 bits per heavy atom. The van der Waals surface area contributed by atoms with Crippen molar-refractivity contribution < 1.29 is 9.90 Å². The molecule has 2 aromatic carbocycles. The molecule has 2 heterocycles. The number of nitrogens with one attached hydrogen (secondary N) is 1. The predicted molar refractivity (Wildman–Crippen MR) is 108 cm³/mol. The molecule has 0 aliphatic carbocycles. The fourth-order valence-electron chi connectivity index (χ4n) is 3.00. The van der Waals surface area contributed by atoms with Crippen molar-refractivity contribution in [3.63, 3.8) is 0 Å². The lowest BCUT2D eigenvalue weighted by molar-refractivity contribution is 0.0697. The second-order valence-corrected chi connectivity index (χ2v) is 6.77. The molecule has 0 aliphatic rings. The zero-order valence-corrected chi connectivity index (χ0v) is 15.5. The molecule has 2 N–H and O–H groups in total. The highest BCUT2D eigenvalue weighted by Crippen LogP contribution is 2.23. The van der Waals surface area contributed by atoms with Gasteiger partial charge in [-0.15, -0.1) is 0 Å². The molecule has 4 aromatic rings. The predicted octanol–water partition coefficient (Wildman–Crippen LogP) is 4.00. The molecule has 4 rings (SSSR count). The third kappa shape index (κ3) is 3.42. The number of carboxylic acids is 1. The number of hydrogen-bond donors (Lipinski definition) is 2. The summed E-state index contributed by atoms with van der Waals surface area (Å²) in [5.41, 5.74) is 3.61. The summed E-state index contributed by atoms with van der Waals surface area (Å²) in [7, 11) is 0. The molecule has 0 saturated heterocycles. The average molecular weight is 373 g/mol. The molecule has 2 aromatic heterocycles. The van der Waals surface area contributed by atoms with Gasteiger partial charge >= 0.3 is 5.97 Å². The summed E-state index contributed by atoms with van der Waals surface area (Å²) in [5, 5.41) is 17.9. The molecule has 7 nitrogen and oxygen atoms in total. The van der Waals surface area contributed by atoms with Gasteiger partial charge in [0, 0.05) is 22.7 Å². The van der Waals surface area contributed by atoms with Gasteiger partial charge in [0.15, 0.2) is 5.82 Å². The van der Waals surface area contributed by atoms with Crippen molar-refractivity contribution in [2.75, 3.05) is 5.32 Å². The largest absolute Gasteiger partial charge is 0.478 e. The third-order valence-electron chi connectivity index (χ3n) is 4.29. The zero-order valence-electron chi connectivity index (χ0n) is 15.5. The molecule has 7 heteroatoms. The molecular formula is C21H19N5O2. The molecule has 0 unspecified atom stereocenters. The van der Waals surface area contributed by atoms with E-state index in [9.17, 15) is 4.79 Å². The first-order chi connectivity index (χ1) is 13.5. The van der Waals surface area contributed by atoms with E-state index in [-0.39, 0.29) is 5.56 Å². The Morgan fingerprint density at radius 3 is 2.57 bits per heavy atom. The van der Waals surface area contributed by atoms with Crippen LogP contribution in [-0.4, -0.2) is 36.9 Å². The van der Waals surface area contributed by atoms with E-state index in [0.717, 1.165) is 22.2 Å². The van der Waals surface area contributed by atoms with Gasteiger partial charge in [-0.2, -0.15) is 5.10 Å². The quantitative estimate of drug-likeness (QED) is 0.549. The smallest absolute Gasteiger partial charge is 0.335 e. The first-order valence-corrected chi connectivity index (χ1v) is 8.92. The minimum Gasteiger partial charge on any atom is -0.478 e. The summed E-state index contributed by atoms with van der Waals surface area (Å²) >= 11 is 0.